The Bertz CT molecular complexity index is 1010. The van der Waals surface area contributed by atoms with Gasteiger partial charge in [-0.05, 0) is 112 Å². The molecule has 4 rings (SSSR count). The van der Waals surface area contributed by atoms with Crippen LogP contribution < -0.4 is 10.2 Å². The summed E-state index contributed by atoms with van der Waals surface area (Å²) in [4.78, 5) is 7.32. The number of benzene rings is 2. The molecule has 172 valence electrons. The van der Waals surface area contributed by atoms with E-state index in [1.165, 1.54) is 51.9 Å². The lowest BCUT2D eigenvalue weighted by molar-refractivity contribution is 0.428. The number of piperidine rings is 1. The molecule has 0 unspecified atom stereocenters. The molecule has 0 aliphatic carbocycles. The fraction of sp³-hybridized carbons (Fsp3) is 0.370. The van der Waals surface area contributed by atoms with Crippen molar-refractivity contribution in [3.8, 4) is 11.3 Å². The van der Waals surface area contributed by atoms with Gasteiger partial charge in [0.15, 0.2) is 0 Å². The fourth-order valence-corrected chi connectivity index (χ4v) is 4.53. The molecular formula is C27H35Cl2N3. The first-order valence-corrected chi connectivity index (χ1v) is 11.1. The molecule has 2 heterocycles. The van der Waals surface area contributed by atoms with E-state index in [-0.39, 0.29) is 24.8 Å². The Balaban J connectivity index is 0.00000181. The van der Waals surface area contributed by atoms with E-state index in [1.807, 2.05) is 6.20 Å². The van der Waals surface area contributed by atoms with E-state index in [9.17, 15) is 0 Å². The number of hydrogen-bond acceptors (Lipinski definition) is 3. The van der Waals surface area contributed by atoms with E-state index in [0.29, 0.717) is 6.04 Å². The molecule has 0 amide bonds. The van der Waals surface area contributed by atoms with E-state index in [2.05, 4.69) is 86.4 Å². The Morgan fingerprint density at radius 3 is 2.19 bits per heavy atom. The summed E-state index contributed by atoms with van der Waals surface area (Å²) in [6.07, 6.45) is 4.33. The van der Waals surface area contributed by atoms with Crippen molar-refractivity contribution in [1.29, 1.82) is 0 Å². The van der Waals surface area contributed by atoms with Crippen LogP contribution in [0.15, 0.2) is 54.7 Å². The van der Waals surface area contributed by atoms with Crippen LogP contribution in [0.1, 0.15) is 40.7 Å². The molecule has 0 atom stereocenters. The normalized spacial score (nSPS) is 13.8. The number of anilines is 1. The van der Waals surface area contributed by atoms with Crippen LogP contribution in [0.3, 0.4) is 0 Å². The lowest BCUT2D eigenvalue weighted by Gasteiger charge is -2.37. The summed E-state index contributed by atoms with van der Waals surface area (Å²) >= 11 is 0. The molecule has 3 aromatic rings. The van der Waals surface area contributed by atoms with Crippen molar-refractivity contribution < 1.29 is 0 Å². The van der Waals surface area contributed by atoms with Crippen LogP contribution in [0.4, 0.5) is 5.69 Å². The Hall–Kier alpha value is -2.07. The number of pyridine rings is 1. The minimum Gasteiger partial charge on any atom is -0.364 e. The first-order chi connectivity index (χ1) is 14.5. The third-order valence-corrected chi connectivity index (χ3v) is 6.57. The molecule has 1 N–H and O–H groups in total. The topological polar surface area (TPSA) is 28.2 Å². The van der Waals surface area contributed by atoms with Crippen molar-refractivity contribution >= 4 is 30.5 Å². The summed E-state index contributed by atoms with van der Waals surface area (Å²) in [7, 11) is 0. The maximum atomic E-state index is 4.70. The van der Waals surface area contributed by atoms with Gasteiger partial charge in [0.1, 0.15) is 0 Å². The predicted octanol–water partition coefficient (Wildman–Crippen LogP) is 6.58. The second-order valence-electron chi connectivity index (χ2n) is 8.68. The number of aryl methyl sites for hydroxylation is 3. The van der Waals surface area contributed by atoms with Crippen molar-refractivity contribution in [3.05, 3.63) is 82.5 Å². The summed E-state index contributed by atoms with van der Waals surface area (Å²) in [6, 6.07) is 18.3. The average Bonchev–Trinajstić information content (AvgIpc) is 2.77. The molecule has 0 spiro atoms. The number of halogens is 2. The molecule has 3 nitrogen and oxygen atoms in total. The molecule has 0 saturated carbocycles. The second kappa shape index (κ2) is 11.7. The SMILES string of the molecule is Cc1ccccc1N(Cc1ccnc(-c2cc(C)c(C)c(C)c2)c1)C1CCNCC1.Cl.Cl. The van der Waals surface area contributed by atoms with E-state index in [1.54, 1.807) is 0 Å². The van der Waals surface area contributed by atoms with Crippen molar-refractivity contribution in [2.45, 2.75) is 53.1 Å². The van der Waals surface area contributed by atoms with Crippen LogP contribution in [0, 0.1) is 27.7 Å². The predicted molar refractivity (Wildman–Crippen MR) is 142 cm³/mol. The van der Waals surface area contributed by atoms with Crippen molar-refractivity contribution in [3.63, 3.8) is 0 Å². The van der Waals surface area contributed by atoms with E-state index >= 15 is 0 Å². The van der Waals surface area contributed by atoms with Crippen LogP contribution in [-0.2, 0) is 6.54 Å². The second-order valence-corrected chi connectivity index (χ2v) is 8.68. The monoisotopic (exact) mass is 471 g/mol. The maximum absolute atomic E-state index is 4.70. The molecule has 1 fully saturated rings. The van der Waals surface area contributed by atoms with Crippen LogP contribution >= 0.6 is 24.8 Å². The summed E-state index contributed by atoms with van der Waals surface area (Å²) in [5.41, 5.74) is 10.3. The van der Waals surface area contributed by atoms with Crippen molar-refractivity contribution in [2.75, 3.05) is 18.0 Å². The smallest absolute Gasteiger partial charge is 0.0705 e. The lowest BCUT2D eigenvalue weighted by Crippen LogP contribution is -2.43. The van der Waals surface area contributed by atoms with Gasteiger partial charge in [-0.3, -0.25) is 4.98 Å². The van der Waals surface area contributed by atoms with Crippen LogP contribution in [0.5, 0.6) is 0 Å². The van der Waals surface area contributed by atoms with Gasteiger partial charge in [0.05, 0.1) is 5.69 Å². The zero-order valence-corrected chi connectivity index (χ0v) is 21.2. The molecule has 2 aromatic carbocycles. The Morgan fingerprint density at radius 2 is 1.53 bits per heavy atom. The molecule has 5 heteroatoms. The highest BCUT2D eigenvalue weighted by Crippen LogP contribution is 2.29. The number of nitrogens with one attached hydrogen (secondary N) is 1. The number of rotatable bonds is 5. The van der Waals surface area contributed by atoms with Gasteiger partial charge in [0, 0.05) is 30.0 Å². The van der Waals surface area contributed by atoms with E-state index < -0.39 is 0 Å². The molecule has 1 saturated heterocycles. The minimum atomic E-state index is 0. The summed E-state index contributed by atoms with van der Waals surface area (Å²) in [5.74, 6) is 0. The highest BCUT2D eigenvalue weighted by atomic mass is 35.5. The highest BCUT2D eigenvalue weighted by molar-refractivity contribution is 5.85. The van der Waals surface area contributed by atoms with Gasteiger partial charge in [-0.1, -0.05) is 18.2 Å². The maximum Gasteiger partial charge on any atom is 0.0705 e. The summed E-state index contributed by atoms with van der Waals surface area (Å²) < 4.78 is 0. The standard InChI is InChI=1S/C27H33N3.2ClH/c1-19-7-5-6-8-27(19)30(25-10-12-28-13-11-25)18-23-9-14-29-26(17-23)24-15-20(2)22(4)21(3)16-24;;/h5-9,14-17,25,28H,10-13,18H2,1-4H3;2*1H. The summed E-state index contributed by atoms with van der Waals surface area (Å²) in [5, 5.41) is 3.51. The van der Waals surface area contributed by atoms with Gasteiger partial charge < -0.3 is 10.2 Å². The van der Waals surface area contributed by atoms with Gasteiger partial charge in [0.2, 0.25) is 0 Å². The average molecular weight is 473 g/mol. The van der Waals surface area contributed by atoms with Crippen LogP contribution in [0.25, 0.3) is 11.3 Å². The first kappa shape index (κ1) is 26.2. The highest BCUT2D eigenvalue weighted by Gasteiger charge is 2.22. The minimum absolute atomic E-state index is 0. The Morgan fingerprint density at radius 1 is 0.875 bits per heavy atom. The molecule has 1 aromatic heterocycles. The van der Waals surface area contributed by atoms with Crippen LogP contribution in [-0.4, -0.2) is 24.1 Å². The zero-order chi connectivity index (χ0) is 21.1. The van der Waals surface area contributed by atoms with Crippen LogP contribution in [0.2, 0.25) is 0 Å². The fourth-order valence-electron chi connectivity index (χ4n) is 4.53. The number of aromatic nitrogens is 1. The molecular weight excluding hydrogens is 437 g/mol. The Labute approximate surface area is 205 Å². The van der Waals surface area contributed by atoms with Gasteiger partial charge in [-0.25, -0.2) is 0 Å². The van der Waals surface area contributed by atoms with Crippen molar-refractivity contribution in [1.82, 2.24) is 10.3 Å². The first-order valence-electron chi connectivity index (χ1n) is 11.1. The van der Waals surface area contributed by atoms with Gasteiger partial charge >= 0.3 is 0 Å². The quantitative estimate of drug-likeness (QED) is 0.454. The number of hydrogen-bond donors (Lipinski definition) is 1. The Kier molecular flexibility index (Phi) is 9.57. The van der Waals surface area contributed by atoms with E-state index in [0.717, 1.165) is 25.3 Å². The molecule has 32 heavy (non-hydrogen) atoms. The third kappa shape index (κ3) is 5.83. The van der Waals surface area contributed by atoms with E-state index in [4.69, 9.17) is 4.98 Å². The molecule has 1 aliphatic rings. The third-order valence-electron chi connectivity index (χ3n) is 6.57. The molecule has 1 aliphatic heterocycles. The largest absolute Gasteiger partial charge is 0.364 e. The van der Waals surface area contributed by atoms with Gasteiger partial charge in [0.25, 0.3) is 0 Å². The zero-order valence-electron chi connectivity index (χ0n) is 19.5. The number of para-hydroxylation sites is 1. The number of nitrogens with zero attached hydrogens (tertiary/aromatic N) is 2. The van der Waals surface area contributed by atoms with Gasteiger partial charge in [-0.15, -0.1) is 24.8 Å². The van der Waals surface area contributed by atoms with Gasteiger partial charge in [-0.2, -0.15) is 0 Å². The van der Waals surface area contributed by atoms with Crippen molar-refractivity contribution in [2.24, 2.45) is 0 Å². The lowest BCUT2D eigenvalue weighted by atomic mass is 9.98. The molecule has 0 bridgehead atoms. The summed E-state index contributed by atoms with van der Waals surface area (Å²) in [6.45, 7) is 11.9. The molecule has 0 radical (unpaired) electrons.